The average molecular weight is 467 g/mol. The standard InChI is InChI=1S/C18H34BO11P/c1-12(2)27-15-14(11-26-31(21,22)30-13(3)4)28-17(19)16(15)29-18(20)25-8-6-7-24-10-9-23-5/h12-17H,6-11H2,1-5H3,(H,21,22)/p-1/t14-,15+,16?,17-/m1/s1. The van der Waals surface area contributed by atoms with Crippen LogP contribution < -0.4 is 4.89 Å². The average Bonchev–Trinajstić information content (AvgIpc) is 2.93. The second kappa shape index (κ2) is 14.4. The molecule has 5 atom stereocenters. The number of rotatable bonds is 15. The van der Waals surface area contributed by atoms with Gasteiger partial charge in [0.05, 0.1) is 44.6 Å². The fraction of sp³-hybridized carbons (Fsp3) is 0.944. The van der Waals surface area contributed by atoms with Crippen LogP contribution in [0.3, 0.4) is 0 Å². The lowest BCUT2D eigenvalue weighted by Gasteiger charge is -2.29. The maximum atomic E-state index is 12.0. The van der Waals surface area contributed by atoms with E-state index in [1.807, 2.05) is 0 Å². The van der Waals surface area contributed by atoms with Crippen LogP contribution in [-0.4, -0.2) is 90.7 Å². The topological polar surface area (TPSA) is 131 Å². The molecule has 0 aliphatic carbocycles. The molecule has 0 N–H and O–H groups in total. The summed E-state index contributed by atoms with van der Waals surface area (Å²) in [5, 5.41) is 0. The smallest absolute Gasteiger partial charge is 0.508 e. The maximum Gasteiger partial charge on any atom is 0.508 e. The molecule has 2 radical (unpaired) electrons. The van der Waals surface area contributed by atoms with Crippen molar-refractivity contribution in [2.45, 2.75) is 70.6 Å². The van der Waals surface area contributed by atoms with E-state index in [9.17, 15) is 14.3 Å². The van der Waals surface area contributed by atoms with Crippen LogP contribution in [0.25, 0.3) is 0 Å². The van der Waals surface area contributed by atoms with Gasteiger partial charge in [-0.2, -0.15) is 0 Å². The van der Waals surface area contributed by atoms with Gasteiger partial charge in [-0.3, -0.25) is 4.57 Å². The van der Waals surface area contributed by atoms with E-state index in [1.54, 1.807) is 34.8 Å². The summed E-state index contributed by atoms with van der Waals surface area (Å²) in [6.45, 7) is 7.65. The highest BCUT2D eigenvalue weighted by Crippen LogP contribution is 2.41. The number of carbonyl (C=O) groups is 1. The molecule has 180 valence electrons. The number of methoxy groups -OCH3 is 1. The SMILES string of the molecule is [B][C@@H]1O[C@H](COP(=O)([O-])OC(C)C)[C@H](OC(C)C)C1OC(=O)OCCCOCCOC. The molecule has 31 heavy (non-hydrogen) atoms. The van der Waals surface area contributed by atoms with Gasteiger partial charge in [0.2, 0.25) is 0 Å². The summed E-state index contributed by atoms with van der Waals surface area (Å²) in [5.74, 6) is 0. The molecular weight excluding hydrogens is 434 g/mol. The fourth-order valence-electron chi connectivity index (χ4n) is 2.66. The summed E-state index contributed by atoms with van der Waals surface area (Å²) in [4.78, 5) is 23.9. The van der Waals surface area contributed by atoms with E-state index in [-0.39, 0.29) is 12.7 Å². The Balaban J connectivity index is 2.56. The quantitative estimate of drug-likeness (QED) is 0.149. The number of ether oxygens (including phenoxy) is 6. The molecule has 0 saturated carbocycles. The van der Waals surface area contributed by atoms with Gasteiger partial charge >= 0.3 is 6.16 Å². The minimum absolute atomic E-state index is 0.0861. The Morgan fingerprint density at radius 3 is 2.42 bits per heavy atom. The third kappa shape index (κ3) is 11.6. The van der Waals surface area contributed by atoms with Crippen LogP contribution in [-0.2, 0) is 42.0 Å². The molecule has 1 fully saturated rings. The third-order valence-electron chi connectivity index (χ3n) is 3.83. The molecule has 1 aliphatic rings. The third-order valence-corrected chi connectivity index (χ3v) is 4.97. The Hall–Kier alpha value is -0.715. The summed E-state index contributed by atoms with van der Waals surface area (Å²) < 4.78 is 53.1. The van der Waals surface area contributed by atoms with Crippen molar-refractivity contribution in [3.05, 3.63) is 0 Å². The Kier molecular flexibility index (Phi) is 13.2. The highest BCUT2D eigenvalue weighted by molar-refractivity contribution is 7.45. The van der Waals surface area contributed by atoms with E-state index in [2.05, 4.69) is 0 Å². The first-order valence-corrected chi connectivity index (χ1v) is 11.6. The van der Waals surface area contributed by atoms with Gasteiger partial charge in [-0.15, -0.1) is 0 Å². The lowest BCUT2D eigenvalue weighted by atomic mass is 9.92. The number of hydrogen-bond acceptors (Lipinski definition) is 11. The van der Waals surface area contributed by atoms with Crippen molar-refractivity contribution < 1.29 is 51.7 Å². The van der Waals surface area contributed by atoms with Crippen LogP contribution in [0.5, 0.6) is 0 Å². The fourth-order valence-corrected chi connectivity index (χ4v) is 3.57. The van der Waals surface area contributed by atoms with Crippen LogP contribution in [0.4, 0.5) is 4.79 Å². The van der Waals surface area contributed by atoms with Gasteiger partial charge in [0.1, 0.15) is 20.1 Å². The summed E-state index contributed by atoms with van der Waals surface area (Å²) in [6.07, 6.45) is -4.10. The molecule has 0 aromatic heterocycles. The molecule has 13 heteroatoms. The van der Waals surface area contributed by atoms with Gasteiger partial charge in [0, 0.05) is 20.1 Å². The Labute approximate surface area is 185 Å². The summed E-state index contributed by atoms with van der Waals surface area (Å²) >= 11 is 0. The molecule has 1 aliphatic heterocycles. The Morgan fingerprint density at radius 1 is 1.10 bits per heavy atom. The number of carbonyl (C=O) groups excluding carboxylic acids is 1. The van der Waals surface area contributed by atoms with Gasteiger partial charge in [0.15, 0.2) is 6.10 Å². The minimum Gasteiger partial charge on any atom is -0.756 e. The highest BCUT2D eigenvalue weighted by atomic mass is 31.2. The molecule has 1 rings (SSSR count). The van der Waals surface area contributed by atoms with Crippen LogP contribution >= 0.6 is 7.82 Å². The molecule has 11 nitrogen and oxygen atoms in total. The molecule has 0 bridgehead atoms. The number of hydrogen-bond donors (Lipinski definition) is 0. The molecular formula is C18H33BO11P-. The van der Waals surface area contributed by atoms with Crippen LogP contribution in [0.1, 0.15) is 34.1 Å². The molecule has 0 amide bonds. The first-order chi connectivity index (χ1) is 14.6. The van der Waals surface area contributed by atoms with E-state index >= 15 is 0 Å². The normalized spacial score (nSPS) is 25.7. The van der Waals surface area contributed by atoms with Crippen molar-refractivity contribution in [1.82, 2.24) is 0 Å². The highest BCUT2D eigenvalue weighted by Gasteiger charge is 2.46. The molecule has 0 spiro atoms. The first kappa shape index (κ1) is 28.3. The van der Waals surface area contributed by atoms with E-state index in [0.29, 0.717) is 26.2 Å². The van der Waals surface area contributed by atoms with E-state index in [4.69, 9.17) is 45.3 Å². The predicted molar refractivity (Wildman–Crippen MR) is 108 cm³/mol. The predicted octanol–water partition coefficient (Wildman–Crippen LogP) is 1.16. The monoisotopic (exact) mass is 467 g/mol. The molecule has 0 aromatic rings. The van der Waals surface area contributed by atoms with Crippen molar-refractivity contribution >= 4 is 21.8 Å². The Morgan fingerprint density at radius 2 is 1.81 bits per heavy atom. The van der Waals surface area contributed by atoms with Crippen molar-refractivity contribution in [3.8, 4) is 0 Å². The second-order valence-corrected chi connectivity index (χ2v) is 8.69. The van der Waals surface area contributed by atoms with Gasteiger partial charge in [-0.05, 0) is 27.7 Å². The van der Waals surface area contributed by atoms with E-state index in [1.165, 1.54) is 0 Å². The second-order valence-electron chi connectivity index (χ2n) is 7.33. The Bertz CT molecular complexity index is 563. The minimum atomic E-state index is -4.54. The van der Waals surface area contributed by atoms with Crippen molar-refractivity contribution in [3.63, 3.8) is 0 Å². The number of phosphoric acid groups is 1. The van der Waals surface area contributed by atoms with Gasteiger partial charge in [-0.25, -0.2) is 4.79 Å². The zero-order chi connectivity index (χ0) is 23.4. The van der Waals surface area contributed by atoms with Gasteiger partial charge in [-0.1, -0.05) is 0 Å². The zero-order valence-electron chi connectivity index (χ0n) is 18.7. The molecule has 1 heterocycles. The van der Waals surface area contributed by atoms with Crippen LogP contribution in [0, 0.1) is 0 Å². The summed E-state index contributed by atoms with van der Waals surface area (Å²) in [5.41, 5.74) is 0. The summed E-state index contributed by atoms with van der Waals surface area (Å²) in [7, 11) is 2.96. The molecule has 1 saturated heterocycles. The molecule has 2 unspecified atom stereocenters. The van der Waals surface area contributed by atoms with Gasteiger partial charge in [0.25, 0.3) is 7.82 Å². The van der Waals surface area contributed by atoms with Gasteiger partial charge < -0.3 is 42.4 Å². The zero-order valence-corrected chi connectivity index (χ0v) is 19.6. The van der Waals surface area contributed by atoms with E-state index in [0.717, 1.165) is 0 Å². The number of phosphoric ester groups is 1. The first-order valence-electron chi connectivity index (χ1n) is 10.2. The van der Waals surface area contributed by atoms with E-state index < -0.39 is 51.0 Å². The van der Waals surface area contributed by atoms with Crippen molar-refractivity contribution in [2.75, 3.05) is 40.1 Å². The van der Waals surface area contributed by atoms with Crippen molar-refractivity contribution in [1.29, 1.82) is 0 Å². The summed E-state index contributed by atoms with van der Waals surface area (Å²) in [6, 6.07) is -1.06. The lowest BCUT2D eigenvalue weighted by molar-refractivity contribution is -0.231. The van der Waals surface area contributed by atoms with Crippen LogP contribution in [0.2, 0.25) is 0 Å². The maximum absolute atomic E-state index is 12.0. The largest absolute Gasteiger partial charge is 0.756 e. The van der Waals surface area contributed by atoms with Crippen molar-refractivity contribution in [2.24, 2.45) is 0 Å². The molecule has 0 aromatic carbocycles. The lowest BCUT2D eigenvalue weighted by Crippen LogP contribution is -2.42. The van der Waals surface area contributed by atoms with Crippen LogP contribution in [0.15, 0.2) is 0 Å².